The van der Waals surface area contributed by atoms with Crippen molar-refractivity contribution in [2.75, 3.05) is 18.6 Å². The number of aromatic nitrogens is 1. The van der Waals surface area contributed by atoms with Gasteiger partial charge in [-0.1, -0.05) is 30.1 Å². The lowest BCUT2D eigenvalue weighted by Crippen LogP contribution is -2.24. The summed E-state index contributed by atoms with van der Waals surface area (Å²) in [7, 11) is -3.00. The quantitative estimate of drug-likeness (QED) is 0.877. The number of nitrogens with one attached hydrogen (secondary N) is 1. The van der Waals surface area contributed by atoms with Crippen molar-refractivity contribution in [3.8, 4) is 0 Å². The van der Waals surface area contributed by atoms with E-state index in [4.69, 9.17) is 23.2 Å². The standard InChI is InChI=1S/C11H16Cl2N2O2S/c1-3-14-10(4-5-18(2,16)17)11-9(13)6-8(12)7-15-11/h6-7,10,14H,3-5H2,1-2H3. The molecule has 0 fully saturated rings. The fourth-order valence-electron chi connectivity index (χ4n) is 1.60. The van der Waals surface area contributed by atoms with E-state index >= 15 is 0 Å². The Labute approximate surface area is 118 Å². The minimum Gasteiger partial charge on any atom is -0.309 e. The molecule has 102 valence electrons. The van der Waals surface area contributed by atoms with Gasteiger partial charge in [-0.3, -0.25) is 4.98 Å². The second kappa shape index (κ2) is 6.70. The molecular formula is C11H16Cl2N2O2S. The van der Waals surface area contributed by atoms with E-state index in [2.05, 4.69) is 10.3 Å². The van der Waals surface area contributed by atoms with Crippen molar-refractivity contribution in [2.45, 2.75) is 19.4 Å². The first-order valence-corrected chi connectivity index (χ1v) is 8.37. The molecule has 18 heavy (non-hydrogen) atoms. The smallest absolute Gasteiger partial charge is 0.147 e. The van der Waals surface area contributed by atoms with Crippen LogP contribution in [0.1, 0.15) is 25.1 Å². The number of hydrogen-bond acceptors (Lipinski definition) is 4. The molecule has 0 amide bonds. The predicted molar refractivity (Wildman–Crippen MR) is 75.0 cm³/mol. The number of pyridine rings is 1. The Balaban J connectivity index is 2.90. The minimum absolute atomic E-state index is 0.0886. The third-order valence-corrected chi connectivity index (χ3v) is 3.88. The summed E-state index contributed by atoms with van der Waals surface area (Å²) in [6.45, 7) is 2.65. The molecular weight excluding hydrogens is 295 g/mol. The third-order valence-electron chi connectivity index (χ3n) is 2.39. The van der Waals surface area contributed by atoms with Crippen LogP contribution in [0.3, 0.4) is 0 Å². The lowest BCUT2D eigenvalue weighted by molar-refractivity contribution is 0.519. The van der Waals surface area contributed by atoms with E-state index in [-0.39, 0.29) is 11.8 Å². The lowest BCUT2D eigenvalue weighted by atomic mass is 10.1. The second-order valence-electron chi connectivity index (χ2n) is 4.05. The molecule has 0 saturated heterocycles. The van der Waals surface area contributed by atoms with Crippen LogP contribution < -0.4 is 5.32 Å². The molecule has 1 atom stereocenters. The van der Waals surface area contributed by atoms with Crippen molar-refractivity contribution in [1.29, 1.82) is 0 Å². The maximum Gasteiger partial charge on any atom is 0.147 e. The number of rotatable bonds is 6. The zero-order valence-electron chi connectivity index (χ0n) is 10.3. The Morgan fingerprint density at radius 1 is 1.44 bits per heavy atom. The molecule has 1 aromatic heterocycles. The highest BCUT2D eigenvalue weighted by atomic mass is 35.5. The van der Waals surface area contributed by atoms with Crippen LogP contribution in [0.5, 0.6) is 0 Å². The molecule has 0 saturated carbocycles. The van der Waals surface area contributed by atoms with Gasteiger partial charge in [-0.25, -0.2) is 8.42 Å². The van der Waals surface area contributed by atoms with Crippen molar-refractivity contribution in [3.63, 3.8) is 0 Å². The zero-order valence-corrected chi connectivity index (χ0v) is 12.6. The van der Waals surface area contributed by atoms with E-state index in [1.807, 2.05) is 6.92 Å². The van der Waals surface area contributed by atoms with Gasteiger partial charge in [0.15, 0.2) is 0 Å². The van der Waals surface area contributed by atoms with Crippen molar-refractivity contribution in [1.82, 2.24) is 10.3 Å². The zero-order chi connectivity index (χ0) is 13.8. The van der Waals surface area contributed by atoms with Crippen LogP contribution in [-0.4, -0.2) is 32.0 Å². The SMILES string of the molecule is CCNC(CCS(C)(=O)=O)c1ncc(Cl)cc1Cl. The first kappa shape index (κ1) is 15.7. The number of nitrogens with zero attached hydrogens (tertiary/aromatic N) is 1. The largest absolute Gasteiger partial charge is 0.309 e. The summed E-state index contributed by atoms with van der Waals surface area (Å²) in [5, 5.41) is 4.08. The van der Waals surface area contributed by atoms with Gasteiger partial charge in [-0.05, 0) is 19.0 Å². The van der Waals surface area contributed by atoms with Crippen LogP contribution in [0.4, 0.5) is 0 Å². The minimum atomic E-state index is -3.00. The molecule has 7 heteroatoms. The maximum atomic E-state index is 11.2. The summed E-state index contributed by atoms with van der Waals surface area (Å²) in [6, 6.07) is 1.42. The van der Waals surface area contributed by atoms with Gasteiger partial charge < -0.3 is 5.32 Å². The highest BCUT2D eigenvalue weighted by Gasteiger charge is 2.17. The van der Waals surface area contributed by atoms with Crippen molar-refractivity contribution >= 4 is 33.0 Å². The Morgan fingerprint density at radius 2 is 2.11 bits per heavy atom. The van der Waals surface area contributed by atoms with Gasteiger partial charge in [0.25, 0.3) is 0 Å². The normalized spacial score (nSPS) is 13.6. The topological polar surface area (TPSA) is 59.1 Å². The highest BCUT2D eigenvalue weighted by molar-refractivity contribution is 7.90. The van der Waals surface area contributed by atoms with Crippen molar-refractivity contribution < 1.29 is 8.42 Å². The van der Waals surface area contributed by atoms with Gasteiger partial charge in [-0.15, -0.1) is 0 Å². The van der Waals surface area contributed by atoms with Crippen LogP contribution in [0.15, 0.2) is 12.3 Å². The fraction of sp³-hybridized carbons (Fsp3) is 0.545. The summed E-state index contributed by atoms with van der Waals surface area (Å²) in [5.74, 6) is 0.0886. The van der Waals surface area contributed by atoms with Gasteiger partial charge in [-0.2, -0.15) is 0 Å². The molecule has 0 radical (unpaired) electrons. The average molecular weight is 311 g/mol. The molecule has 1 unspecified atom stereocenters. The van der Waals surface area contributed by atoms with Gasteiger partial charge in [0, 0.05) is 12.5 Å². The van der Waals surface area contributed by atoms with Crippen LogP contribution >= 0.6 is 23.2 Å². The van der Waals surface area contributed by atoms with Gasteiger partial charge in [0.1, 0.15) is 9.84 Å². The Kier molecular flexibility index (Phi) is 5.85. The van der Waals surface area contributed by atoms with Crippen LogP contribution in [0.25, 0.3) is 0 Å². The Hall–Kier alpha value is -0.360. The third kappa shape index (κ3) is 5.10. The van der Waals surface area contributed by atoms with Crippen LogP contribution in [0, 0.1) is 0 Å². The Morgan fingerprint density at radius 3 is 2.61 bits per heavy atom. The summed E-state index contributed by atoms with van der Waals surface area (Å²) < 4.78 is 22.4. The van der Waals surface area contributed by atoms with Crippen molar-refractivity contribution in [3.05, 3.63) is 28.0 Å². The van der Waals surface area contributed by atoms with E-state index in [1.165, 1.54) is 12.5 Å². The number of sulfone groups is 1. The van der Waals surface area contributed by atoms with Gasteiger partial charge >= 0.3 is 0 Å². The summed E-state index contributed by atoms with van der Waals surface area (Å²) >= 11 is 11.9. The molecule has 0 aromatic carbocycles. The first-order valence-electron chi connectivity index (χ1n) is 5.55. The molecule has 0 spiro atoms. The van der Waals surface area contributed by atoms with Gasteiger partial charge in [0.2, 0.25) is 0 Å². The summed E-state index contributed by atoms with van der Waals surface area (Å²) in [4.78, 5) is 4.18. The van der Waals surface area contributed by atoms with E-state index < -0.39 is 9.84 Å². The second-order valence-corrected chi connectivity index (χ2v) is 7.15. The molecule has 4 nitrogen and oxygen atoms in total. The lowest BCUT2D eigenvalue weighted by Gasteiger charge is -2.18. The molecule has 0 aliphatic heterocycles. The number of halogens is 2. The monoisotopic (exact) mass is 310 g/mol. The average Bonchev–Trinajstić information content (AvgIpc) is 2.24. The molecule has 0 aliphatic carbocycles. The summed E-state index contributed by atoms with van der Waals surface area (Å²) in [5.41, 5.74) is 0.631. The molecule has 0 aliphatic rings. The van der Waals surface area contributed by atoms with Crippen molar-refractivity contribution in [2.24, 2.45) is 0 Å². The van der Waals surface area contributed by atoms with E-state index in [1.54, 1.807) is 6.07 Å². The maximum absolute atomic E-state index is 11.2. The van der Waals surface area contributed by atoms with E-state index in [0.717, 1.165) is 0 Å². The summed E-state index contributed by atoms with van der Waals surface area (Å²) in [6.07, 6.45) is 3.15. The highest BCUT2D eigenvalue weighted by Crippen LogP contribution is 2.26. The molecule has 1 aromatic rings. The molecule has 1 heterocycles. The van der Waals surface area contributed by atoms with Crippen LogP contribution in [-0.2, 0) is 9.84 Å². The molecule has 0 bridgehead atoms. The van der Waals surface area contributed by atoms with E-state index in [0.29, 0.717) is 28.7 Å². The van der Waals surface area contributed by atoms with Crippen LogP contribution in [0.2, 0.25) is 10.0 Å². The molecule has 1 rings (SSSR count). The molecule has 1 N–H and O–H groups in total. The Bertz CT molecular complexity index is 506. The fourth-order valence-corrected chi connectivity index (χ4v) is 2.77. The predicted octanol–water partition coefficient (Wildman–Crippen LogP) is 2.47. The van der Waals surface area contributed by atoms with E-state index in [9.17, 15) is 8.42 Å². The van der Waals surface area contributed by atoms with Gasteiger partial charge in [0.05, 0.1) is 27.5 Å². The number of hydrogen-bond donors (Lipinski definition) is 1. The first-order chi connectivity index (χ1) is 8.33.